The molecule has 0 amide bonds. The monoisotopic (exact) mass is 519 g/mol. The van der Waals surface area contributed by atoms with Crippen LogP contribution >= 0.6 is 0 Å². The van der Waals surface area contributed by atoms with Crippen molar-refractivity contribution >= 4 is 11.5 Å². The summed E-state index contributed by atoms with van der Waals surface area (Å²) in [6.45, 7) is 3.50. The van der Waals surface area contributed by atoms with Gasteiger partial charge in [-0.25, -0.2) is 0 Å². The van der Waals surface area contributed by atoms with Gasteiger partial charge in [-0.2, -0.15) is 0 Å². The van der Waals surface area contributed by atoms with E-state index in [2.05, 4.69) is 36.5 Å². The van der Waals surface area contributed by atoms with Crippen LogP contribution in [0.1, 0.15) is 108 Å². The first kappa shape index (κ1) is 25.3. The summed E-state index contributed by atoms with van der Waals surface area (Å²) < 4.78 is 12.2. The molecule has 38 heavy (non-hydrogen) atoms. The average molecular weight is 520 g/mol. The second kappa shape index (κ2) is 9.45. The van der Waals surface area contributed by atoms with E-state index in [0.29, 0.717) is 49.7 Å². The number of benzene rings is 1. The maximum absolute atomic E-state index is 13.4. The van der Waals surface area contributed by atoms with E-state index in [1.165, 1.54) is 54.5 Å². The predicted molar refractivity (Wildman–Crippen MR) is 148 cm³/mol. The van der Waals surface area contributed by atoms with Crippen LogP contribution in [0.2, 0.25) is 0 Å². The number of allylic oxidation sites excluding steroid dienone is 1. The van der Waals surface area contributed by atoms with Gasteiger partial charge in [-0.05, 0) is 86.5 Å². The summed E-state index contributed by atoms with van der Waals surface area (Å²) in [7, 11) is 0. The van der Waals surface area contributed by atoms with Gasteiger partial charge in [0.1, 0.15) is 5.78 Å². The smallest absolute Gasteiger partial charge is 0.171 e. The van der Waals surface area contributed by atoms with E-state index in [1.807, 2.05) is 0 Å². The zero-order valence-electron chi connectivity index (χ0n) is 23.1. The first-order chi connectivity index (χ1) is 18.4. The number of hydrogen-bond acceptors (Lipinski definition) is 5. The summed E-state index contributed by atoms with van der Waals surface area (Å²) in [5.41, 5.74) is 4.13. The Labute approximate surface area is 227 Å². The number of rotatable bonds is 3. The standard InChI is InChI=1S/C33H45NO4/c1-31-20-26(22-9-11-24(12-10-22)34-23-6-3-2-4-7-23)30-25(27(31)13-14-29(31)35)8-5-16-32(36)21-33(17-15-28(30)32)37-18-19-38-33/h9-12,23,25-27,34,36H,2-8,13-21H2,1H3/t25?,26?,27?,31?,32-/m1/s1. The molecule has 0 radical (unpaired) electrons. The van der Waals surface area contributed by atoms with Gasteiger partial charge in [0.2, 0.25) is 0 Å². The molecule has 0 aromatic heterocycles. The molecule has 1 aromatic carbocycles. The second-order valence-electron chi connectivity index (χ2n) is 13.6. The molecule has 6 aliphatic rings. The highest BCUT2D eigenvalue weighted by molar-refractivity contribution is 5.87. The van der Waals surface area contributed by atoms with E-state index >= 15 is 0 Å². The molecule has 206 valence electrons. The third kappa shape index (κ3) is 4.10. The van der Waals surface area contributed by atoms with Gasteiger partial charge >= 0.3 is 0 Å². The number of anilines is 1. The number of ketones is 1. The molecule has 2 N–H and O–H groups in total. The highest BCUT2D eigenvalue weighted by Crippen LogP contribution is 2.63. The normalized spacial score (nSPS) is 39.0. The molecule has 5 aliphatic carbocycles. The molecule has 5 atom stereocenters. The first-order valence-corrected chi connectivity index (χ1v) is 15.5. The molecule has 5 nitrogen and oxygen atoms in total. The van der Waals surface area contributed by atoms with E-state index in [9.17, 15) is 9.90 Å². The summed E-state index contributed by atoms with van der Waals surface area (Å²) in [6, 6.07) is 9.71. The molecule has 1 saturated heterocycles. The third-order valence-electron chi connectivity index (χ3n) is 11.5. The van der Waals surface area contributed by atoms with Gasteiger partial charge in [-0.1, -0.05) is 43.9 Å². The van der Waals surface area contributed by atoms with Gasteiger partial charge in [0.25, 0.3) is 0 Å². The summed E-state index contributed by atoms with van der Waals surface area (Å²) in [4.78, 5) is 13.4. The SMILES string of the molecule is CC12CC(c3ccc(NC4CCCCC4)cc3)C3=C4CCC5(C[C@]4(O)CCCC3C1CCC2=O)OCCO5. The van der Waals surface area contributed by atoms with E-state index in [1.54, 1.807) is 0 Å². The molecule has 1 aromatic rings. The molecule has 7 rings (SSSR count). The Bertz CT molecular complexity index is 1100. The van der Waals surface area contributed by atoms with Crippen LogP contribution < -0.4 is 5.32 Å². The largest absolute Gasteiger partial charge is 0.385 e. The van der Waals surface area contributed by atoms with Crippen molar-refractivity contribution in [2.75, 3.05) is 18.5 Å². The van der Waals surface area contributed by atoms with Crippen molar-refractivity contribution in [1.82, 2.24) is 0 Å². The van der Waals surface area contributed by atoms with Crippen molar-refractivity contribution in [1.29, 1.82) is 0 Å². The molecular formula is C33H45NO4. The van der Waals surface area contributed by atoms with Gasteiger partial charge in [-0.15, -0.1) is 0 Å². The minimum absolute atomic E-state index is 0.186. The van der Waals surface area contributed by atoms with Gasteiger partial charge in [-0.3, -0.25) is 4.79 Å². The Morgan fingerprint density at radius 1 is 0.921 bits per heavy atom. The Morgan fingerprint density at radius 2 is 1.68 bits per heavy atom. The topological polar surface area (TPSA) is 67.8 Å². The van der Waals surface area contributed by atoms with E-state index in [4.69, 9.17) is 9.47 Å². The molecule has 1 heterocycles. The number of ether oxygens (including phenoxy) is 2. The van der Waals surface area contributed by atoms with Gasteiger partial charge in [0.05, 0.1) is 18.8 Å². The minimum Gasteiger partial charge on any atom is -0.385 e. The van der Waals surface area contributed by atoms with Crippen molar-refractivity contribution < 1.29 is 19.4 Å². The molecule has 4 saturated carbocycles. The predicted octanol–water partition coefficient (Wildman–Crippen LogP) is 6.66. The second-order valence-corrected chi connectivity index (χ2v) is 13.6. The summed E-state index contributed by atoms with van der Waals surface area (Å²) in [5, 5.41) is 16.1. The lowest BCUT2D eigenvalue weighted by molar-refractivity contribution is -0.205. The lowest BCUT2D eigenvalue weighted by Crippen LogP contribution is -2.49. The van der Waals surface area contributed by atoms with Crippen LogP contribution in [-0.4, -0.2) is 41.5 Å². The number of hydrogen-bond donors (Lipinski definition) is 2. The van der Waals surface area contributed by atoms with Crippen LogP contribution in [0.25, 0.3) is 0 Å². The Balaban J connectivity index is 1.27. The number of fused-ring (bicyclic) bond motifs is 4. The number of carbonyl (C=O) groups is 1. The van der Waals surface area contributed by atoms with Crippen LogP contribution in [0, 0.1) is 17.3 Å². The Kier molecular flexibility index (Phi) is 6.29. The Morgan fingerprint density at radius 3 is 2.45 bits per heavy atom. The summed E-state index contributed by atoms with van der Waals surface area (Å²) >= 11 is 0. The number of aliphatic hydroxyl groups is 1. The fourth-order valence-corrected chi connectivity index (χ4v) is 9.60. The van der Waals surface area contributed by atoms with Crippen molar-refractivity contribution in [2.45, 2.75) is 120 Å². The molecule has 4 unspecified atom stereocenters. The maximum Gasteiger partial charge on any atom is 0.171 e. The van der Waals surface area contributed by atoms with Crippen molar-refractivity contribution in [2.24, 2.45) is 17.3 Å². The molecule has 5 heteroatoms. The molecule has 1 spiro atoms. The number of carbonyl (C=O) groups excluding carboxylic acids is 1. The highest BCUT2D eigenvalue weighted by atomic mass is 16.7. The van der Waals surface area contributed by atoms with Crippen LogP contribution in [0.5, 0.6) is 0 Å². The molecular weight excluding hydrogens is 474 g/mol. The van der Waals surface area contributed by atoms with E-state index in [-0.39, 0.29) is 11.3 Å². The Hall–Kier alpha value is -1.69. The van der Waals surface area contributed by atoms with Crippen molar-refractivity contribution in [3.05, 3.63) is 41.0 Å². The highest BCUT2D eigenvalue weighted by Gasteiger charge is 2.59. The minimum atomic E-state index is -0.871. The summed E-state index contributed by atoms with van der Waals surface area (Å²) in [6.07, 6.45) is 14.1. The van der Waals surface area contributed by atoms with Gasteiger partial charge < -0.3 is 19.9 Å². The summed E-state index contributed by atoms with van der Waals surface area (Å²) in [5.74, 6) is 0.813. The van der Waals surface area contributed by atoms with Crippen LogP contribution in [0.3, 0.4) is 0 Å². The van der Waals surface area contributed by atoms with Crippen LogP contribution in [0.4, 0.5) is 5.69 Å². The van der Waals surface area contributed by atoms with Gasteiger partial charge in [0.15, 0.2) is 5.79 Å². The average Bonchev–Trinajstić information content (AvgIpc) is 3.44. The van der Waals surface area contributed by atoms with Crippen molar-refractivity contribution in [3.8, 4) is 0 Å². The zero-order valence-corrected chi connectivity index (χ0v) is 23.1. The van der Waals surface area contributed by atoms with Crippen molar-refractivity contribution in [3.63, 3.8) is 0 Å². The number of nitrogens with one attached hydrogen (secondary N) is 1. The maximum atomic E-state index is 13.4. The lowest BCUT2D eigenvalue weighted by Gasteiger charge is -2.50. The van der Waals surface area contributed by atoms with Gasteiger partial charge in [0, 0.05) is 42.3 Å². The number of Topliss-reactive ketones (excluding diaryl/α,β-unsaturated/α-hetero) is 1. The third-order valence-corrected chi connectivity index (χ3v) is 11.5. The van der Waals surface area contributed by atoms with Crippen LogP contribution in [0.15, 0.2) is 35.4 Å². The molecule has 1 aliphatic heterocycles. The fraction of sp³-hybridized carbons (Fsp3) is 0.727. The van der Waals surface area contributed by atoms with E-state index < -0.39 is 11.4 Å². The van der Waals surface area contributed by atoms with E-state index in [0.717, 1.165) is 44.9 Å². The van der Waals surface area contributed by atoms with Crippen LogP contribution in [-0.2, 0) is 14.3 Å². The molecule has 0 bridgehead atoms. The quantitative estimate of drug-likeness (QED) is 0.437. The fourth-order valence-electron chi connectivity index (χ4n) is 9.60. The zero-order chi connectivity index (χ0) is 26.0. The first-order valence-electron chi connectivity index (χ1n) is 15.5. The molecule has 5 fully saturated rings. The lowest BCUT2D eigenvalue weighted by atomic mass is 9.55.